The SMILES string of the molecule is CCOc1cccc(CCNC(=NCC(=O)N(C)C)NCC2CCOC2)c1. The predicted octanol–water partition coefficient (Wildman–Crippen LogP) is 1.29. The van der Waals surface area contributed by atoms with Gasteiger partial charge in [-0.1, -0.05) is 12.1 Å². The molecule has 0 bridgehead atoms. The number of amides is 1. The van der Waals surface area contributed by atoms with Crippen LogP contribution >= 0.6 is 0 Å². The van der Waals surface area contributed by atoms with Gasteiger partial charge in [-0.25, -0.2) is 4.99 Å². The Hall–Kier alpha value is -2.28. The fraction of sp³-hybridized carbons (Fsp3) is 0.600. The van der Waals surface area contributed by atoms with E-state index in [1.165, 1.54) is 5.56 Å². The summed E-state index contributed by atoms with van der Waals surface area (Å²) in [6.45, 7) is 5.88. The van der Waals surface area contributed by atoms with Crippen molar-refractivity contribution in [3.8, 4) is 5.75 Å². The topological polar surface area (TPSA) is 75.2 Å². The van der Waals surface area contributed by atoms with Gasteiger partial charge in [-0.2, -0.15) is 0 Å². The number of ether oxygens (including phenoxy) is 2. The van der Waals surface area contributed by atoms with Gasteiger partial charge in [-0.05, 0) is 37.5 Å². The van der Waals surface area contributed by atoms with Crippen LogP contribution in [0.3, 0.4) is 0 Å². The number of hydrogen-bond donors (Lipinski definition) is 2. The lowest BCUT2D eigenvalue weighted by Crippen LogP contribution is -2.41. The van der Waals surface area contributed by atoms with E-state index in [0.717, 1.165) is 44.9 Å². The number of aliphatic imine (C=N–C) groups is 1. The van der Waals surface area contributed by atoms with Crippen molar-refractivity contribution in [3.63, 3.8) is 0 Å². The summed E-state index contributed by atoms with van der Waals surface area (Å²) >= 11 is 0. The summed E-state index contributed by atoms with van der Waals surface area (Å²) in [5, 5.41) is 6.66. The molecule has 150 valence electrons. The van der Waals surface area contributed by atoms with E-state index in [4.69, 9.17) is 9.47 Å². The van der Waals surface area contributed by atoms with Crippen LogP contribution in [-0.4, -0.2) is 70.3 Å². The van der Waals surface area contributed by atoms with Crippen LogP contribution in [0.15, 0.2) is 29.3 Å². The zero-order valence-electron chi connectivity index (χ0n) is 16.7. The molecule has 27 heavy (non-hydrogen) atoms. The maximum Gasteiger partial charge on any atom is 0.243 e. The summed E-state index contributed by atoms with van der Waals surface area (Å²) < 4.78 is 11.0. The first-order valence-corrected chi connectivity index (χ1v) is 9.60. The molecule has 1 aliphatic rings. The lowest BCUT2D eigenvalue weighted by atomic mass is 10.1. The van der Waals surface area contributed by atoms with Crippen LogP contribution in [0.4, 0.5) is 0 Å². The monoisotopic (exact) mass is 376 g/mol. The van der Waals surface area contributed by atoms with E-state index < -0.39 is 0 Å². The van der Waals surface area contributed by atoms with Crippen LogP contribution in [0.1, 0.15) is 18.9 Å². The molecule has 1 aliphatic heterocycles. The number of rotatable bonds is 9. The Morgan fingerprint density at radius 3 is 2.93 bits per heavy atom. The molecule has 0 spiro atoms. The molecule has 2 N–H and O–H groups in total. The third-order valence-electron chi connectivity index (χ3n) is 4.37. The second-order valence-electron chi connectivity index (χ2n) is 6.82. The highest BCUT2D eigenvalue weighted by Gasteiger charge is 2.16. The summed E-state index contributed by atoms with van der Waals surface area (Å²) in [6.07, 6.45) is 1.90. The lowest BCUT2D eigenvalue weighted by Gasteiger charge is -2.16. The summed E-state index contributed by atoms with van der Waals surface area (Å²) in [7, 11) is 3.47. The molecule has 1 atom stereocenters. The van der Waals surface area contributed by atoms with Crippen LogP contribution in [0.5, 0.6) is 5.75 Å². The van der Waals surface area contributed by atoms with Gasteiger partial charge in [0.1, 0.15) is 12.3 Å². The Balaban J connectivity index is 1.86. The highest BCUT2D eigenvalue weighted by Crippen LogP contribution is 2.13. The van der Waals surface area contributed by atoms with Crippen molar-refractivity contribution in [2.24, 2.45) is 10.9 Å². The van der Waals surface area contributed by atoms with Crippen molar-refractivity contribution in [2.75, 3.05) is 53.6 Å². The van der Waals surface area contributed by atoms with Crippen molar-refractivity contribution in [3.05, 3.63) is 29.8 Å². The van der Waals surface area contributed by atoms with Gasteiger partial charge in [0.2, 0.25) is 5.91 Å². The number of carbonyl (C=O) groups is 1. The molecule has 0 saturated carbocycles. The van der Waals surface area contributed by atoms with Gasteiger partial charge in [0.25, 0.3) is 0 Å². The number of nitrogens with zero attached hydrogens (tertiary/aromatic N) is 2. The molecule has 1 fully saturated rings. The lowest BCUT2D eigenvalue weighted by molar-refractivity contribution is -0.127. The molecule has 1 saturated heterocycles. The Morgan fingerprint density at radius 1 is 1.37 bits per heavy atom. The number of guanidine groups is 1. The van der Waals surface area contributed by atoms with E-state index in [9.17, 15) is 4.79 Å². The molecule has 0 radical (unpaired) electrons. The molecule has 1 heterocycles. The first-order valence-electron chi connectivity index (χ1n) is 9.60. The van der Waals surface area contributed by atoms with Gasteiger partial charge in [-0.3, -0.25) is 4.79 Å². The van der Waals surface area contributed by atoms with Crippen LogP contribution < -0.4 is 15.4 Å². The maximum atomic E-state index is 11.8. The van der Waals surface area contributed by atoms with Crippen LogP contribution in [0, 0.1) is 5.92 Å². The Morgan fingerprint density at radius 2 is 2.22 bits per heavy atom. The predicted molar refractivity (Wildman–Crippen MR) is 107 cm³/mol. The molecule has 7 heteroatoms. The standard InChI is InChI=1S/C20H32N4O3/c1-4-27-18-7-5-6-16(12-18)8-10-21-20(23-14-19(25)24(2)3)22-13-17-9-11-26-15-17/h5-7,12,17H,4,8-11,13-15H2,1-3H3,(H2,21,22,23). The van der Waals surface area contributed by atoms with Crippen molar-refractivity contribution in [1.29, 1.82) is 0 Å². The molecule has 1 unspecified atom stereocenters. The number of benzene rings is 1. The van der Waals surface area contributed by atoms with E-state index in [1.807, 2.05) is 19.1 Å². The average Bonchev–Trinajstić information content (AvgIpc) is 3.17. The van der Waals surface area contributed by atoms with Crippen LogP contribution in [-0.2, 0) is 16.0 Å². The second kappa shape index (κ2) is 11.4. The quantitative estimate of drug-likeness (QED) is 0.502. The van der Waals surface area contributed by atoms with Crippen LogP contribution in [0.2, 0.25) is 0 Å². The second-order valence-corrected chi connectivity index (χ2v) is 6.82. The zero-order valence-corrected chi connectivity index (χ0v) is 16.7. The molecular weight excluding hydrogens is 344 g/mol. The van der Waals surface area contributed by atoms with E-state index in [1.54, 1.807) is 19.0 Å². The summed E-state index contributed by atoms with van der Waals surface area (Å²) in [6, 6.07) is 8.11. The number of hydrogen-bond acceptors (Lipinski definition) is 4. The molecule has 7 nitrogen and oxygen atoms in total. The third kappa shape index (κ3) is 7.86. The van der Waals surface area contributed by atoms with Gasteiger partial charge >= 0.3 is 0 Å². The molecule has 0 aromatic heterocycles. The minimum Gasteiger partial charge on any atom is -0.494 e. The normalized spacial score (nSPS) is 16.9. The summed E-state index contributed by atoms with van der Waals surface area (Å²) in [4.78, 5) is 17.8. The van der Waals surface area contributed by atoms with Crippen molar-refractivity contribution < 1.29 is 14.3 Å². The maximum absolute atomic E-state index is 11.8. The first-order chi connectivity index (χ1) is 13.1. The van der Waals surface area contributed by atoms with E-state index >= 15 is 0 Å². The number of carbonyl (C=O) groups excluding carboxylic acids is 1. The molecule has 1 aromatic carbocycles. The highest BCUT2D eigenvalue weighted by atomic mass is 16.5. The minimum atomic E-state index is -0.0234. The molecule has 2 rings (SSSR count). The van der Waals surface area contributed by atoms with Crippen LogP contribution in [0.25, 0.3) is 0 Å². The summed E-state index contributed by atoms with van der Waals surface area (Å²) in [5.74, 6) is 2.02. The van der Waals surface area contributed by atoms with Gasteiger partial charge in [0.05, 0.1) is 13.2 Å². The highest BCUT2D eigenvalue weighted by molar-refractivity contribution is 5.84. The number of likely N-dealkylation sites (N-methyl/N-ethyl adjacent to an activating group) is 1. The fourth-order valence-corrected chi connectivity index (χ4v) is 2.73. The van der Waals surface area contributed by atoms with Gasteiger partial charge in [0.15, 0.2) is 5.96 Å². The van der Waals surface area contributed by atoms with Crippen molar-refractivity contribution in [2.45, 2.75) is 19.8 Å². The number of nitrogens with one attached hydrogen (secondary N) is 2. The van der Waals surface area contributed by atoms with Crippen molar-refractivity contribution >= 4 is 11.9 Å². The van der Waals surface area contributed by atoms with Gasteiger partial charge < -0.3 is 25.0 Å². The smallest absolute Gasteiger partial charge is 0.243 e. The van der Waals surface area contributed by atoms with E-state index in [0.29, 0.717) is 18.5 Å². The Kier molecular flexibility index (Phi) is 8.91. The van der Waals surface area contributed by atoms with Crippen molar-refractivity contribution in [1.82, 2.24) is 15.5 Å². The van der Waals surface area contributed by atoms with Gasteiger partial charge in [-0.15, -0.1) is 0 Å². The minimum absolute atomic E-state index is 0.0234. The Labute approximate surface area is 162 Å². The largest absolute Gasteiger partial charge is 0.494 e. The third-order valence-corrected chi connectivity index (χ3v) is 4.37. The van der Waals surface area contributed by atoms with E-state index in [2.05, 4.69) is 27.8 Å². The zero-order chi connectivity index (χ0) is 19.5. The molecule has 1 aromatic rings. The Bertz CT molecular complexity index is 613. The molecule has 1 amide bonds. The molecule has 0 aliphatic carbocycles. The first kappa shape index (κ1) is 21.0. The fourth-order valence-electron chi connectivity index (χ4n) is 2.73. The van der Waals surface area contributed by atoms with Gasteiger partial charge in [0, 0.05) is 39.7 Å². The molecular formula is C20H32N4O3. The average molecular weight is 377 g/mol. The summed E-state index contributed by atoms with van der Waals surface area (Å²) in [5.41, 5.74) is 1.20. The van der Waals surface area contributed by atoms with E-state index in [-0.39, 0.29) is 12.5 Å².